The number of hydrogen-bond donors (Lipinski definition) is 2. The average Bonchev–Trinajstić information content (AvgIpc) is 2.67. The molecule has 1 aliphatic heterocycles. The summed E-state index contributed by atoms with van der Waals surface area (Å²) >= 11 is 3.66. The molecule has 2 N–H and O–H groups in total. The Kier molecular flexibility index (Phi) is 3.34. The second kappa shape index (κ2) is 4.90. The van der Waals surface area contributed by atoms with E-state index >= 15 is 0 Å². The summed E-state index contributed by atoms with van der Waals surface area (Å²) in [4.78, 5) is 11.4. The molecule has 2 heterocycles. The highest BCUT2D eigenvalue weighted by Gasteiger charge is 2.24. The highest BCUT2D eigenvalue weighted by atomic mass is 79.9. The summed E-state index contributed by atoms with van der Waals surface area (Å²) in [5.41, 5.74) is 4.54. The standard InChI is InChI=1S/C15H17BrN2O2/c1-8-12(16)11-7-10(13(17-2)15(19)20)6-9-4-3-5-18(8)14(9)11/h6-7,13,17H,3-5H2,1-2H3,(H,19,20). The molecule has 1 aliphatic rings. The predicted octanol–water partition coefficient (Wildman–Crippen LogP) is 3.00. The number of nitrogens with one attached hydrogen (secondary N) is 1. The van der Waals surface area contributed by atoms with Gasteiger partial charge in [0.05, 0.1) is 5.52 Å². The summed E-state index contributed by atoms with van der Waals surface area (Å²) in [5, 5.41) is 13.3. The lowest BCUT2D eigenvalue weighted by atomic mass is 9.97. The molecule has 3 rings (SSSR count). The number of benzene rings is 1. The van der Waals surface area contributed by atoms with Gasteiger partial charge >= 0.3 is 5.97 Å². The van der Waals surface area contributed by atoms with Crippen molar-refractivity contribution >= 4 is 32.8 Å². The van der Waals surface area contributed by atoms with Crippen LogP contribution in [0.4, 0.5) is 0 Å². The van der Waals surface area contributed by atoms with Crippen LogP contribution >= 0.6 is 15.9 Å². The quantitative estimate of drug-likeness (QED) is 0.905. The lowest BCUT2D eigenvalue weighted by molar-refractivity contribution is -0.139. The number of rotatable bonds is 3. The van der Waals surface area contributed by atoms with Crippen LogP contribution in [0.15, 0.2) is 16.6 Å². The zero-order valence-electron chi connectivity index (χ0n) is 11.5. The fraction of sp³-hybridized carbons (Fsp3) is 0.400. The number of aromatic nitrogens is 1. The molecule has 0 radical (unpaired) electrons. The third-order valence-corrected chi connectivity index (χ3v) is 5.14. The lowest BCUT2D eigenvalue weighted by Gasteiger charge is -2.19. The first kappa shape index (κ1) is 13.6. The summed E-state index contributed by atoms with van der Waals surface area (Å²) in [6, 6.07) is 3.37. The molecule has 4 nitrogen and oxygen atoms in total. The number of carboxylic acids is 1. The first-order chi connectivity index (χ1) is 9.54. The monoisotopic (exact) mass is 336 g/mol. The molecule has 2 aromatic rings. The van der Waals surface area contributed by atoms with E-state index in [-0.39, 0.29) is 0 Å². The molecule has 0 amide bonds. The van der Waals surface area contributed by atoms with E-state index in [1.54, 1.807) is 7.05 Å². The van der Waals surface area contributed by atoms with Gasteiger partial charge in [0.25, 0.3) is 0 Å². The van der Waals surface area contributed by atoms with Crippen LogP contribution in [-0.4, -0.2) is 22.7 Å². The van der Waals surface area contributed by atoms with Crippen LogP contribution in [0.3, 0.4) is 0 Å². The number of halogens is 1. The van der Waals surface area contributed by atoms with Gasteiger partial charge in [-0.15, -0.1) is 0 Å². The smallest absolute Gasteiger partial charge is 0.325 e. The van der Waals surface area contributed by atoms with Gasteiger partial charge in [-0.25, -0.2) is 0 Å². The number of carboxylic acid groups (broad SMARTS) is 1. The Morgan fingerprint density at radius 1 is 1.50 bits per heavy atom. The molecular formula is C15H17BrN2O2. The summed E-state index contributed by atoms with van der Waals surface area (Å²) < 4.78 is 3.41. The molecule has 0 aliphatic carbocycles. The summed E-state index contributed by atoms with van der Waals surface area (Å²) in [5.74, 6) is -0.845. The van der Waals surface area contributed by atoms with Gasteiger partial charge in [-0.1, -0.05) is 6.07 Å². The van der Waals surface area contributed by atoms with Crippen molar-refractivity contribution in [2.24, 2.45) is 0 Å². The topological polar surface area (TPSA) is 54.3 Å². The van der Waals surface area contributed by atoms with E-state index in [0.717, 1.165) is 34.8 Å². The Morgan fingerprint density at radius 3 is 2.90 bits per heavy atom. The normalized spacial score (nSPS) is 15.6. The predicted molar refractivity (Wildman–Crippen MR) is 82.1 cm³/mol. The first-order valence-corrected chi connectivity index (χ1v) is 7.55. The molecule has 0 saturated carbocycles. The molecule has 0 saturated heterocycles. The molecule has 0 spiro atoms. The zero-order chi connectivity index (χ0) is 14.4. The molecule has 20 heavy (non-hydrogen) atoms. The van der Waals surface area contributed by atoms with Crippen molar-refractivity contribution in [2.45, 2.75) is 32.4 Å². The van der Waals surface area contributed by atoms with E-state index in [4.69, 9.17) is 0 Å². The van der Waals surface area contributed by atoms with Gasteiger partial charge in [0.2, 0.25) is 0 Å². The Bertz CT molecular complexity index is 706. The van der Waals surface area contributed by atoms with E-state index in [1.165, 1.54) is 16.8 Å². The van der Waals surface area contributed by atoms with E-state index in [1.807, 2.05) is 12.1 Å². The van der Waals surface area contributed by atoms with Crippen LogP contribution in [0, 0.1) is 6.92 Å². The average molecular weight is 337 g/mol. The molecular weight excluding hydrogens is 320 g/mol. The summed E-state index contributed by atoms with van der Waals surface area (Å²) in [7, 11) is 1.68. The Labute approximate surface area is 125 Å². The van der Waals surface area contributed by atoms with Gasteiger partial charge < -0.3 is 15.0 Å². The zero-order valence-corrected chi connectivity index (χ0v) is 13.1. The minimum atomic E-state index is -0.845. The second-order valence-corrected chi connectivity index (χ2v) is 6.08. The molecule has 106 valence electrons. The van der Waals surface area contributed by atoms with Gasteiger partial charge in [0.1, 0.15) is 6.04 Å². The van der Waals surface area contributed by atoms with E-state index in [9.17, 15) is 9.90 Å². The first-order valence-electron chi connectivity index (χ1n) is 6.75. The molecule has 0 fully saturated rings. The number of carbonyl (C=O) groups is 1. The molecule has 1 aromatic heterocycles. The number of hydrogen-bond acceptors (Lipinski definition) is 2. The van der Waals surface area contributed by atoms with Crippen LogP contribution in [0.25, 0.3) is 10.9 Å². The van der Waals surface area contributed by atoms with Crippen LogP contribution in [0.1, 0.15) is 29.3 Å². The van der Waals surface area contributed by atoms with Crippen LogP contribution in [-0.2, 0) is 17.8 Å². The van der Waals surface area contributed by atoms with E-state index < -0.39 is 12.0 Å². The van der Waals surface area contributed by atoms with E-state index in [2.05, 4.69) is 32.7 Å². The second-order valence-electron chi connectivity index (χ2n) is 5.29. The van der Waals surface area contributed by atoms with Crippen molar-refractivity contribution in [3.05, 3.63) is 33.4 Å². The highest BCUT2D eigenvalue weighted by molar-refractivity contribution is 9.10. The number of nitrogens with zero attached hydrogens (tertiary/aromatic N) is 1. The molecule has 5 heteroatoms. The van der Waals surface area contributed by atoms with Crippen molar-refractivity contribution < 1.29 is 9.90 Å². The Balaban J connectivity index is 2.29. The lowest BCUT2D eigenvalue weighted by Crippen LogP contribution is -2.25. The van der Waals surface area contributed by atoms with Gasteiger partial charge in [-0.3, -0.25) is 4.79 Å². The largest absolute Gasteiger partial charge is 0.480 e. The van der Waals surface area contributed by atoms with Crippen LogP contribution in [0.2, 0.25) is 0 Å². The minimum absolute atomic E-state index is 0.659. The number of aliphatic carboxylic acids is 1. The van der Waals surface area contributed by atoms with Gasteiger partial charge in [-0.05, 0) is 59.9 Å². The molecule has 1 unspecified atom stereocenters. The fourth-order valence-electron chi connectivity index (χ4n) is 3.18. The van der Waals surface area contributed by atoms with Crippen molar-refractivity contribution in [1.82, 2.24) is 9.88 Å². The third kappa shape index (κ3) is 1.88. The maximum atomic E-state index is 11.4. The summed E-state index contributed by atoms with van der Waals surface area (Å²) in [6.07, 6.45) is 2.11. The maximum Gasteiger partial charge on any atom is 0.325 e. The fourth-order valence-corrected chi connectivity index (χ4v) is 3.70. The maximum absolute atomic E-state index is 11.4. The SMILES string of the molecule is CNC(C(=O)O)c1cc2c3c(c1)c(Br)c(C)n3CCC2. The van der Waals surface area contributed by atoms with E-state index in [0.29, 0.717) is 0 Å². The van der Waals surface area contributed by atoms with Crippen LogP contribution < -0.4 is 5.32 Å². The van der Waals surface area contributed by atoms with Crippen molar-refractivity contribution in [3.63, 3.8) is 0 Å². The minimum Gasteiger partial charge on any atom is -0.480 e. The number of likely N-dealkylation sites (N-methyl/N-ethyl adjacent to an activating group) is 1. The third-order valence-electron chi connectivity index (χ3n) is 4.14. The summed E-state index contributed by atoms with van der Waals surface area (Å²) in [6.45, 7) is 3.14. The molecule has 0 bridgehead atoms. The van der Waals surface area contributed by atoms with Gasteiger partial charge in [0, 0.05) is 22.1 Å². The van der Waals surface area contributed by atoms with Crippen molar-refractivity contribution in [1.29, 1.82) is 0 Å². The van der Waals surface area contributed by atoms with Gasteiger partial charge in [0.15, 0.2) is 0 Å². The van der Waals surface area contributed by atoms with Crippen LogP contribution in [0.5, 0.6) is 0 Å². The van der Waals surface area contributed by atoms with Gasteiger partial charge in [-0.2, -0.15) is 0 Å². The molecule has 1 atom stereocenters. The Morgan fingerprint density at radius 2 is 2.25 bits per heavy atom. The van der Waals surface area contributed by atoms with Crippen molar-refractivity contribution in [2.75, 3.05) is 7.05 Å². The number of aryl methyl sites for hydroxylation is 2. The molecule has 1 aromatic carbocycles. The highest BCUT2D eigenvalue weighted by Crippen LogP contribution is 2.37. The Hall–Kier alpha value is -1.33. The van der Waals surface area contributed by atoms with Crippen molar-refractivity contribution in [3.8, 4) is 0 Å².